The summed E-state index contributed by atoms with van der Waals surface area (Å²) in [6, 6.07) is 0. The Bertz CT molecular complexity index is 294. The first-order valence-corrected chi connectivity index (χ1v) is 18.1. The van der Waals surface area contributed by atoms with Gasteiger partial charge < -0.3 is 9.42 Å². The van der Waals surface area contributed by atoms with Crippen LogP contribution >= 0.6 is 24.3 Å². The van der Waals surface area contributed by atoms with Gasteiger partial charge in [-0.3, -0.25) is 0 Å². The van der Waals surface area contributed by atoms with Gasteiger partial charge in [0.15, 0.2) is 0 Å². The molecule has 0 bridgehead atoms. The van der Waals surface area contributed by atoms with Crippen LogP contribution in [0.3, 0.4) is 0 Å². The van der Waals surface area contributed by atoms with Crippen molar-refractivity contribution in [1.29, 1.82) is 0 Å². The van der Waals surface area contributed by atoms with Crippen molar-refractivity contribution in [2.75, 3.05) is 37.0 Å². The fraction of sp³-hybridized carbons (Fsp3) is 1.00. The number of unbranched alkanes of at least 4 members (excludes halogenated alkanes) is 4. The first-order valence-electron chi connectivity index (χ1n) is 11.0. The van der Waals surface area contributed by atoms with Gasteiger partial charge in [0.1, 0.15) is 0 Å². The molecule has 0 saturated carbocycles. The molecule has 0 aliphatic carbocycles. The second-order valence-electron chi connectivity index (χ2n) is 7.22. The van der Waals surface area contributed by atoms with Crippen molar-refractivity contribution in [2.45, 2.75) is 92.9 Å². The Hall–Kier alpha value is 1.35. The molecular weight excluding hydrogens is 398 g/mol. The standard InChI is InChI=1S/C16H37P.C4H11O2PS2/c1-5-9-13-17(14-10-6-2,15-11-7-3)16-12-8-4;1-3-6-7(5,8)9-4-2/h17H,5-16H2,1-4H3;3-4H2,1-2H3,(H,5,8). The van der Waals surface area contributed by atoms with Gasteiger partial charge >= 0.3 is 111 Å². The Labute approximate surface area is 175 Å². The molecule has 1 unspecified atom stereocenters. The van der Waals surface area contributed by atoms with Gasteiger partial charge in [0, 0.05) is 0 Å². The molecule has 0 rings (SSSR count). The average molecular weight is 447 g/mol. The second-order valence-corrected chi connectivity index (χ2v) is 18.7. The zero-order valence-electron chi connectivity index (χ0n) is 18.5. The molecule has 0 amide bonds. The summed E-state index contributed by atoms with van der Waals surface area (Å²) in [4.78, 5) is 9.18. The summed E-state index contributed by atoms with van der Waals surface area (Å²) in [7, 11) is -0.879. The molecule has 162 valence electrons. The summed E-state index contributed by atoms with van der Waals surface area (Å²) < 4.78 is 4.91. The van der Waals surface area contributed by atoms with Crippen LogP contribution in [0.25, 0.3) is 0 Å². The van der Waals surface area contributed by atoms with Crippen molar-refractivity contribution in [2.24, 2.45) is 0 Å². The van der Waals surface area contributed by atoms with E-state index in [-0.39, 0.29) is 0 Å². The molecule has 26 heavy (non-hydrogen) atoms. The predicted molar refractivity (Wildman–Crippen MR) is 134 cm³/mol. The first kappa shape index (κ1) is 29.6. The van der Waals surface area contributed by atoms with Crippen LogP contribution in [-0.2, 0) is 16.3 Å². The summed E-state index contributed by atoms with van der Waals surface area (Å²) >= 11 is 6.07. The molecule has 0 aliphatic rings. The average Bonchev–Trinajstić information content (AvgIpc) is 2.61. The van der Waals surface area contributed by atoms with Gasteiger partial charge in [0.05, 0.1) is 6.61 Å². The van der Waals surface area contributed by atoms with E-state index in [4.69, 9.17) is 16.3 Å². The molecule has 0 fully saturated rings. The van der Waals surface area contributed by atoms with Crippen LogP contribution in [0.2, 0.25) is 0 Å². The Morgan fingerprint density at radius 2 is 1.12 bits per heavy atom. The number of rotatable bonds is 16. The van der Waals surface area contributed by atoms with E-state index >= 15 is 0 Å². The molecule has 0 radical (unpaired) electrons. The molecule has 1 atom stereocenters. The molecule has 0 saturated heterocycles. The van der Waals surface area contributed by atoms with E-state index in [9.17, 15) is 4.89 Å². The number of hydrogen-bond acceptors (Lipinski definition) is 3. The first-order chi connectivity index (χ1) is 12.4. The van der Waals surface area contributed by atoms with Crippen LogP contribution in [0, 0.1) is 0 Å². The van der Waals surface area contributed by atoms with Gasteiger partial charge in [-0.2, -0.15) is 0 Å². The van der Waals surface area contributed by atoms with Crippen LogP contribution in [0.1, 0.15) is 92.9 Å². The monoisotopic (exact) mass is 446 g/mol. The SMILES string of the molecule is CCCC[PH](CCCC)(CCCC)CCCC.CCOP(O)(=S)SCC. The van der Waals surface area contributed by atoms with Crippen molar-refractivity contribution in [3.05, 3.63) is 0 Å². The van der Waals surface area contributed by atoms with E-state index in [1.54, 1.807) is 24.6 Å². The van der Waals surface area contributed by atoms with E-state index in [1.165, 1.54) is 62.7 Å². The van der Waals surface area contributed by atoms with Gasteiger partial charge in [-0.1, -0.05) is 18.3 Å². The molecule has 0 aliphatic heterocycles. The summed E-state index contributed by atoms with van der Waals surface area (Å²) in [6.45, 7) is 13.7. The van der Waals surface area contributed by atoms with Crippen LogP contribution < -0.4 is 0 Å². The fourth-order valence-corrected chi connectivity index (χ4v) is 12.7. The molecule has 0 spiro atoms. The van der Waals surface area contributed by atoms with Crippen molar-refractivity contribution in [1.82, 2.24) is 0 Å². The molecule has 0 aromatic rings. The van der Waals surface area contributed by atoms with Crippen molar-refractivity contribution in [3.63, 3.8) is 0 Å². The summed E-state index contributed by atoms with van der Waals surface area (Å²) in [5.74, 6) is 0.813. The molecule has 0 aromatic heterocycles. The zero-order chi connectivity index (χ0) is 20.3. The maximum atomic E-state index is 9.18. The normalized spacial score (nSPS) is 14.4. The van der Waals surface area contributed by atoms with Crippen LogP contribution in [0.4, 0.5) is 0 Å². The molecule has 0 heterocycles. The third kappa shape index (κ3) is 17.4. The maximum Gasteiger partial charge on any atom is 0.244 e. The minimum Gasteiger partial charge on any atom is -0.337 e. The molecule has 2 nitrogen and oxygen atoms in total. The summed E-state index contributed by atoms with van der Waals surface area (Å²) in [5, 5.41) is 0. The molecule has 6 heteroatoms. The van der Waals surface area contributed by atoms with E-state index in [1.807, 2.05) is 13.8 Å². The van der Waals surface area contributed by atoms with Crippen LogP contribution in [0.15, 0.2) is 0 Å². The van der Waals surface area contributed by atoms with Crippen molar-refractivity contribution in [3.8, 4) is 0 Å². The minimum atomic E-state index is -2.44. The Morgan fingerprint density at radius 1 is 0.769 bits per heavy atom. The van der Waals surface area contributed by atoms with Crippen molar-refractivity contribution >= 4 is 36.1 Å². The van der Waals surface area contributed by atoms with Gasteiger partial charge in [-0.05, 0) is 24.5 Å². The van der Waals surface area contributed by atoms with Crippen molar-refractivity contribution < 1.29 is 9.42 Å². The number of hydrogen-bond donors (Lipinski definition) is 1. The van der Waals surface area contributed by atoms with E-state index in [0.717, 1.165) is 5.75 Å². The van der Waals surface area contributed by atoms with E-state index < -0.39 is 13.0 Å². The molecule has 0 aromatic carbocycles. The Balaban J connectivity index is 0. The van der Waals surface area contributed by atoms with Crippen LogP contribution in [0.5, 0.6) is 0 Å². The smallest absolute Gasteiger partial charge is 0.244 e. The third-order valence-corrected chi connectivity index (χ3v) is 15.0. The predicted octanol–water partition coefficient (Wildman–Crippen LogP) is 7.93. The minimum absolute atomic E-state index is 0.501. The van der Waals surface area contributed by atoms with E-state index in [2.05, 4.69) is 27.7 Å². The molecule has 1 N–H and O–H groups in total. The third-order valence-electron chi connectivity index (χ3n) is 4.83. The second kappa shape index (κ2) is 19.7. The largest absolute Gasteiger partial charge is 0.337 e. The van der Waals surface area contributed by atoms with Gasteiger partial charge in [0.2, 0.25) is 5.69 Å². The van der Waals surface area contributed by atoms with Gasteiger partial charge in [-0.25, -0.2) is 0 Å². The summed E-state index contributed by atoms with van der Waals surface area (Å²) in [6.07, 6.45) is 18.1. The molecular formula is C20H48O2P2S2. The van der Waals surface area contributed by atoms with Crippen LogP contribution in [-0.4, -0.2) is 41.9 Å². The van der Waals surface area contributed by atoms with Gasteiger partial charge in [0.25, 0.3) is 0 Å². The van der Waals surface area contributed by atoms with Gasteiger partial charge in [-0.15, -0.1) is 0 Å². The summed E-state index contributed by atoms with van der Waals surface area (Å²) in [5.41, 5.74) is -2.44. The Kier molecular flexibility index (Phi) is 22.3. The topological polar surface area (TPSA) is 29.5 Å². The zero-order valence-corrected chi connectivity index (χ0v) is 22.0. The Morgan fingerprint density at radius 3 is 1.35 bits per heavy atom. The quantitative estimate of drug-likeness (QED) is 0.244. The maximum absolute atomic E-state index is 9.18. The van der Waals surface area contributed by atoms with E-state index in [0.29, 0.717) is 6.61 Å². The fourth-order valence-electron chi connectivity index (χ4n) is 3.32.